The topological polar surface area (TPSA) is 55.8 Å². The summed E-state index contributed by atoms with van der Waals surface area (Å²) in [6, 6.07) is 10.1. The predicted octanol–water partition coefficient (Wildman–Crippen LogP) is 3.96. The Kier molecular flexibility index (Phi) is 4.25. The van der Waals surface area contributed by atoms with Gasteiger partial charge in [0.1, 0.15) is 17.1 Å². The molecule has 1 N–H and O–H groups in total. The molecule has 0 fully saturated rings. The summed E-state index contributed by atoms with van der Waals surface area (Å²) in [5.41, 5.74) is 0.530. The van der Waals surface area contributed by atoms with Gasteiger partial charge in [0.25, 0.3) is 0 Å². The Morgan fingerprint density at radius 1 is 1.05 bits per heavy atom. The standard InChI is InChI=1S/C15H11F3O4/c1-21-11-5-2-9(3-6-11)10-4-7-13(22-15(16,17)18)12(8-10)14(19)20/h2-8H,1H3,(H,19,20). The summed E-state index contributed by atoms with van der Waals surface area (Å²) in [4.78, 5) is 11.1. The molecular formula is C15H11F3O4. The van der Waals surface area contributed by atoms with E-state index in [0.29, 0.717) is 16.9 Å². The van der Waals surface area contributed by atoms with Gasteiger partial charge < -0.3 is 14.6 Å². The number of hydrogen-bond acceptors (Lipinski definition) is 3. The minimum Gasteiger partial charge on any atom is -0.497 e. The summed E-state index contributed by atoms with van der Waals surface area (Å²) in [6.45, 7) is 0. The van der Waals surface area contributed by atoms with Crippen molar-refractivity contribution in [2.24, 2.45) is 0 Å². The van der Waals surface area contributed by atoms with Crippen LogP contribution in [-0.4, -0.2) is 24.5 Å². The van der Waals surface area contributed by atoms with E-state index in [1.54, 1.807) is 24.3 Å². The number of halogens is 3. The fourth-order valence-electron chi connectivity index (χ4n) is 1.87. The van der Waals surface area contributed by atoms with E-state index in [0.717, 1.165) is 12.1 Å². The Morgan fingerprint density at radius 3 is 2.14 bits per heavy atom. The van der Waals surface area contributed by atoms with Gasteiger partial charge in [-0.15, -0.1) is 13.2 Å². The molecule has 7 heteroatoms. The molecule has 116 valence electrons. The summed E-state index contributed by atoms with van der Waals surface area (Å²) < 4.78 is 45.5. The third-order valence-electron chi connectivity index (χ3n) is 2.86. The lowest BCUT2D eigenvalue weighted by molar-refractivity contribution is -0.274. The molecule has 0 amide bonds. The minimum atomic E-state index is -4.95. The Balaban J connectivity index is 2.42. The van der Waals surface area contributed by atoms with Crippen molar-refractivity contribution in [2.75, 3.05) is 7.11 Å². The average Bonchev–Trinajstić information content (AvgIpc) is 2.46. The number of hydrogen-bond donors (Lipinski definition) is 1. The quantitative estimate of drug-likeness (QED) is 0.928. The number of carboxylic acids is 1. The number of carbonyl (C=O) groups is 1. The van der Waals surface area contributed by atoms with Crippen LogP contribution in [0, 0.1) is 0 Å². The summed E-state index contributed by atoms with van der Waals surface area (Å²) in [7, 11) is 1.50. The molecule has 0 bridgehead atoms. The molecule has 0 saturated carbocycles. The van der Waals surface area contributed by atoms with Gasteiger partial charge in [-0.1, -0.05) is 18.2 Å². The van der Waals surface area contributed by atoms with Crippen LogP contribution in [0.4, 0.5) is 13.2 Å². The fraction of sp³-hybridized carbons (Fsp3) is 0.133. The van der Waals surface area contributed by atoms with Gasteiger partial charge in [-0.25, -0.2) is 4.79 Å². The Morgan fingerprint density at radius 2 is 1.64 bits per heavy atom. The van der Waals surface area contributed by atoms with Crippen LogP contribution < -0.4 is 9.47 Å². The third-order valence-corrected chi connectivity index (χ3v) is 2.86. The second kappa shape index (κ2) is 5.97. The molecule has 0 aromatic heterocycles. The summed E-state index contributed by atoms with van der Waals surface area (Å²) in [6.07, 6.45) is -4.95. The molecule has 0 radical (unpaired) electrons. The number of carboxylic acid groups (broad SMARTS) is 1. The van der Waals surface area contributed by atoms with Gasteiger partial charge in [-0.3, -0.25) is 0 Å². The molecule has 2 aromatic carbocycles. The molecule has 0 spiro atoms. The monoisotopic (exact) mass is 312 g/mol. The SMILES string of the molecule is COc1ccc(-c2ccc(OC(F)(F)F)c(C(=O)O)c2)cc1. The molecule has 22 heavy (non-hydrogen) atoms. The number of alkyl halides is 3. The van der Waals surface area contributed by atoms with Crippen LogP contribution in [0.3, 0.4) is 0 Å². The van der Waals surface area contributed by atoms with Crippen molar-refractivity contribution >= 4 is 5.97 Å². The summed E-state index contributed by atoms with van der Waals surface area (Å²) in [5, 5.41) is 9.05. The Bertz CT molecular complexity index is 678. The molecule has 0 unspecified atom stereocenters. The number of ether oxygens (including phenoxy) is 2. The van der Waals surface area contributed by atoms with E-state index in [-0.39, 0.29) is 0 Å². The van der Waals surface area contributed by atoms with E-state index in [1.807, 2.05) is 0 Å². The van der Waals surface area contributed by atoms with Crippen molar-refractivity contribution in [1.29, 1.82) is 0 Å². The maximum atomic E-state index is 12.3. The zero-order chi connectivity index (χ0) is 16.3. The first kappa shape index (κ1) is 15.7. The number of aromatic carboxylic acids is 1. The molecule has 0 aliphatic rings. The van der Waals surface area contributed by atoms with Gasteiger partial charge in [0.15, 0.2) is 0 Å². The second-order valence-electron chi connectivity index (χ2n) is 4.29. The van der Waals surface area contributed by atoms with E-state index in [1.165, 1.54) is 13.2 Å². The first-order valence-corrected chi connectivity index (χ1v) is 6.07. The van der Waals surface area contributed by atoms with Gasteiger partial charge in [-0.2, -0.15) is 0 Å². The van der Waals surface area contributed by atoms with Crippen LogP contribution >= 0.6 is 0 Å². The molecule has 0 atom stereocenters. The normalized spacial score (nSPS) is 11.1. The van der Waals surface area contributed by atoms with E-state index >= 15 is 0 Å². The van der Waals surface area contributed by atoms with Crippen LogP contribution in [0.15, 0.2) is 42.5 Å². The van der Waals surface area contributed by atoms with Crippen LogP contribution in [0.5, 0.6) is 11.5 Å². The Hall–Kier alpha value is -2.70. The van der Waals surface area contributed by atoms with Gasteiger partial charge in [0.05, 0.1) is 7.11 Å². The zero-order valence-corrected chi connectivity index (χ0v) is 11.3. The number of methoxy groups -OCH3 is 1. The van der Waals surface area contributed by atoms with Crippen molar-refractivity contribution in [3.63, 3.8) is 0 Å². The highest BCUT2D eigenvalue weighted by Gasteiger charge is 2.33. The number of benzene rings is 2. The average molecular weight is 312 g/mol. The zero-order valence-electron chi connectivity index (χ0n) is 11.3. The van der Waals surface area contributed by atoms with Crippen molar-refractivity contribution < 1.29 is 32.5 Å². The smallest absolute Gasteiger partial charge is 0.497 e. The van der Waals surface area contributed by atoms with E-state index in [9.17, 15) is 18.0 Å². The molecule has 2 aromatic rings. The maximum absolute atomic E-state index is 12.3. The maximum Gasteiger partial charge on any atom is 0.573 e. The highest BCUT2D eigenvalue weighted by Crippen LogP contribution is 2.31. The summed E-state index contributed by atoms with van der Waals surface area (Å²) in [5.74, 6) is -1.65. The van der Waals surface area contributed by atoms with Crippen molar-refractivity contribution in [3.05, 3.63) is 48.0 Å². The Labute approximate surface area is 123 Å². The first-order chi connectivity index (χ1) is 10.3. The molecule has 0 aliphatic carbocycles. The van der Waals surface area contributed by atoms with Crippen molar-refractivity contribution in [3.8, 4) is 22.6 Å². The van der Waals surface area contributed by atoms with Crippen molar-refractivity contribution in [2.45, 2.75) is 6.36 Å². The second-order valence-corrected chi connectivity index (χ2v) is 4.29. The lowest BCUT2D eigenvalue weighted by Gasteiger charge is -2.12. The summed E-state index contributed by atoms with van der Waals surface area (Å²) >= 11 is 0. The van der Waals surface area contributed by atoms with Crippen LogP contribution in [0.25, 0.3) is 11.1 Å². The fourth-order valence-corrected chi connectivity index (χ4v) is 1.87. The largest absolute Gasteiger partial charge is 0.573 e. The van der Waals surface area contributed by atoms with Crippen molar-refractivity contribution in [1.82, 2.24) is 0 Å². The highest BCUT2D eigenvalue weighted by molar-refractivity contribution is 5.92. The molecule has 0 saturated heterocycles. The van der Waals surface area contributed by atoms with Gasteiger partial charge in [0, 0.05) is 0 Å². The van der Waals surface area contributed by atoms with E-state index < -0.39 is 23.6 Å². The van der Waals surface area contributed by atoms with Gasteiger partial charge >= 0.3 is 12.3 Å². The van der Waals surface area contributed by atoms with Gasteiger partial charge in [0.2, 0.25) is 0 Å². The molecular weight excluding hydrogens is 301 g/mol. The number of rotatable bonds is 4. The molecule has 4 nitrogen and oxygen atoms in total. The lowest BCUT2D eigenvalue weighted by Crippen LogP contribution is -2.19. The lowest BCUT2D eigenvalue weighted by atomic mass is 10.0. The molecule has 2 rings (SSSR count). The van der Waals surface area contributed by atoms with E-state index in [2.05, 4.69) is 4.74 Å². The highest BCUT2D eigenvalue weighted by atomic mass is 19.4. The first-order valence-electron chi connectivity index (χ1n) is 6.07. The predicted molar refractivity (Wildman–Crippen MR) is 72.1 cm³/mol. The molecule has 0 heterocycles. The van der Waals surface area contributed by atoms with Crippen LogP contribution in [0.1, 0.15) is 10.4 Å². The van der Waals surface area contributed by atoms with Gasteiger partial charge in [-0.05, 0) is 35.4 Å². The van der Waals surface area contributed by atoms with Crippen LogP contribution in [-0.2, 0) is 0 Å². The molecule has 0 aliphatic heterocycles. The van der Waals surface area contributed by atoms with Crippen LogP contribution in [0.2, 0.25) is 0 Å². The third kappa shape index (κ3) is 3.69. The minimum absolute atomic E-state index is 0.453. The van der Waals surface area contributed by atoms with E-state index in [4.69, 9.17) is 9.84 Å².